The number of hydrogen-bond donors (Lipinski definition) is 0. The quantitative estimate of drug-likeness (QED) is 0.558. The van der Waals surface area contributed by atoms with Gasteiger partial charge in [-0.1, -0.05) is 6.07 Å². The van der Waals surface area contributed by atoms with E-state index in [1.807, 2.05) is 19.0 Å². The van der Waals surface area contributed by atoms with Crippen molar-refractivity contribution in [3.8, 4) is 0 Å². The number of anilines is 1. The maximum Gasteiger partial charge on any atom is 0.234 e. The molecule has 1 aromatic rings. The molecule has 0 amide bonds. The van der Waals surface area contributed by atoms with Gasteiger partial charge in [0.15, 0.2) is 0 Å². The molecule has 80 valence electrons. The van der Waals surface area contributed by atoms with Crippen LogP contribution >= 0.6 is 0 Å². The van der Waals surface area contributed by atoms with Gasteiger partial charge >= 0.3 is 0 Å². The monoisotopic (exact) mass is 208 g/mol. The second-order valence-corrected chi connectivity index (χ2v) is 3.39. The van der Waals surface area contributed by atoms with Crippen LogP contribution < -0.4 is 4.90 Å². The van der Waals surface area contributed by atoms with E-state index >= 15 is 0 Å². The van der Waals surface area contributed by atoms with Crippen molar-refractivity contribution in [1.82, 2.24) is 0 Å². The molecule has 1 rings (SSSR count). The number of halogens is 1. The first-order valence-electron chi connectivity index (χ1n) is 4.64. The highest BCUT2D eigenvalue weighted by molar-refractivity contribution is 5.53. The zero-order valence-corrected chi connectivity index (χ0v) is 8.83. The van der Waals surface area contributed by atoms with Gasteiger partial charge in [-0.15, -0.1) is 0 Å². The maximum absolute atomic E-state index is 13.0. The van der Waals surface area contributed by atoms with Crippen molar-refractivity contribution in [3.63, 3.8) is 0 Å². The van der Waals surface area contributed by atoms with Crippen molar-refractivity contribution in [2.75, 3.05) is 25.5 Å². The second kappa shape index (κ2) is 5.27. The van der Waals surface area contributed by atoms with Crippen LogP contribution in [-0.2, 0) is 11.2 Å². The molecular formula is C11H13FN2O. The zero-order valence-electron chi connectivity index (χ0n) is 8.83. The van der Waals surface area contributed by atoms with Gasteiger partial charge in [0.25, 0.3) is 0 Å². The topological polar surface area (TPSA) is 32.7 Å². The summed E-state index contributed by atoms with van der Waals surface area (Å²) in [5, 5.41) is 0. The predicted molar refractivity (Wildman–Crippen MR) is 57.4 cm³/mol. The van der Waals surface area contributed by atoms with E-state index in [4.69, 9.17) is 0 Å². The Morgan fingerprint density at radius 2 is 2.20 bits per heavy atom. The Hall–Kier alpha value is -1.67. The van der Waals surface area contributed by atoms with Gasteiger partial charge in [-0.3, -0.25) is 0 Å². The zero-order chi connectivity index (χ0) is 11.3. The minimum absolute atomic E-state index is 0.263. The highest BCUT2D eigenvalue weighted by Crippen LogP contribution is 2.20. The third kappa shape index (κ3) is 3.18. The molecule has 0 fully saturated rings. The van der Waals surface area contributed by atoms with E-state index in [1.165, 1.54) is 18.2 Å². The second-order valence-electron chi connectivity index (χ2n) is 3.39. The van der Waals surface area contributed by atoms with Crippen LogP contribution in [0.15, 0.2) is 23.2 Å². The van der Waals surface area contributed by atoms with E-state index in [2.05, 4.69) is 4.99 Å². The molecule has 0 saturated heterocycles. The summed E-state index contributed by atoms with van der Waals surface area (Å²) in [6.07, 6.45) is 2.10. The van der Waals surface area contributed by atoms with Gasteiger partial charge in [0.05, 0.1) is 6.54 Å². The van der Waals surface area contributed by atoms with E-state index in [9.17, 15) is 9.18 Å². The standard InChI is InChI=1S/C11H13FN2O/c1-14(2)11-7-10(12)4-3-9(11)5-6-13-8-15/h3-4,7H,5-6H2,1-2H3. The summed E-state index contributed by atoms with van der Waals surface area (Å²) in [6.45, 7) is 0.385. The molecule has 0 radical (unpaired) electrons. The van der Waals surface area contributed by atoms with Crippen LogP contribution in [0, 0.1) is 5.82 Å². The number of hydrogen-bond acceptors (Lipinski definition) is 3. The first kappa shape index (κ1) is 11.4. The average molecular weight is 208 g/mol. The molecule has 0 aliphatic carbocycles. The van der Waals surface area contributed by atoms with Gasteiger partial charge in [-0.25, -0.2) is 14.2 Å². The Bertz CT molecular complexity index is 384. The molecule has 0 aliphatic heterocycles. The first-order chi connectivity index (χ1) is 7.15. The fraction of sp³-hybridized carbons (Fsp3) is 0.364. The number of nitrogens with zero attached hydrogens (tertiary/aromatic N) is 2. The van der Waals surface area contributed by atoms with Gasteiger partial charge in [-0.2, -0.15) is 0 Å². The normalized spacial score (nSPS) is 9.53. The number of carbonyl (C=O) groups excluding carboxylic acids is 1. The molecule has 0 bridgehead atoms. The van der Waals surface area contributed by atoms with Gasteiger partial charge < -0.3 is 4.90 Å². The van der Waals surface area contributed by atoms with Crippen molar-refractivity contribution in [1.29, 1.82) is 0 Å². The summed E-state index contributed by atoms with van der Waals surface area (Å²) in [5.41, 5.74) is 1.79. The lowest BCUT2D eigenvalue weighted by Crippen LogP contribution is -2.12. The van der Waals surface area contributed by atoms with E-state index in [-0.39, 0.29) is 5.82 Å². The van der Waals surface area contributed by atoms with E-state index < -0.39 is 0 Å². The lowest BCUT2D eigenvalue weighted by Gasteiger charge is -2.16. The SMILES string of the molecule is CN(C)c1cc(F)ccc1CCN=C=O. The van der Waals surface area contributed by atoms with E-state index in [1.54, 1.807) is 6.07 Å². The Balaban J connectivity index is 2.90. The number of aliphatic imine (C=N–C) groups is 1. The minimum atomic E-state index is -0.263. The Kier molecular flexibility index (Phi) is 4.01. The van der Waals surface area contributed by atoms with Crippen LogP contribution in [-0.4, -0.2) is 26.7 Å². The summed E-state index contributed by atoms with van der Waals surface area (Å²) in [7, 11) is 3.70. The third-order valence-electron chi connectivity index (χ3n) is 2.09. The predicted octanol–water partition coefficient (Wildman–Crippen LogP) is 1.77. The van der Waals surface area contributed by atoms with Crippen LogP contribution in [0.4, 0.5) is 10.1 Å². The molecule has 15 heavy (non-hydrogen) atoms. The van der Waals surface area contributed by atoms with Crippen LogP contribution in [0.2, 0.25) is 0 Å². The van der Waals surface area contributed by atoms with Gasteiger partial charge in [0.2, 0.25) is 6.08 Å². The lowest BCUT2D eigenvalue weighted by atomic mass is 10.1. The molecule has 1 aromatic carbocycles. The molecule has 0 atom stereocenters. The van der Waals surface area contributed by atoms with Crippen molar-refractivity contribution in [2.45, 2.75) is 6.42 Å². The summed E-state index contributed by atoms with van der Waals surface area (Å²) < 4.78 is 13.0. The van der Waals surface area contributed by atoms with Crippen LogP contribution in [0.25, 0.3) is 0 Å². The molecule has 0 N–H and O–H groups in total. The largest absolute Gasteiger partial charge is 0.377 e. The summed E-state index contributed by atoms with van der Waals surface area (Å²) >= 11 is 0. The molecule has 0 heterocycles. The fourth-order valence-corrected chi connectivity index (χ4v) is 1.39. The highest BCUT2D eigenvalue weighted by Gasteiger charge is 2.05. The van der Waals surface area contributed by atoms with Crippen LogP contribution in [0.1, 0.15) is 5.56 Å². The molecule has 3 nitrogen and oxygen atoms in total. The van der Waals surface area contributed by atoms with Crippen molar-refractivity contribution in [2.24, 2.45) is 4.99 Å². The molecule has 0 saturated carbocycles. The summed E-state index contributed by atoms with van der Waals surface area (Å²) in [4.78, 5) is 15.2. The Labute approximate surface area is 88.2 Å². The fourth-order valence-electron chi connectivity index (χ4n) is 1.39. The Morgan fingerprint density at radius 3 is 2.80 bits per heavy atom. The maximum atomic E-state index is 13.0. The van der Waals surface area contributed by atoms with Gasteiger partial charge in [0.1, 0.15) is 5.82 Å². The van der Waals surface area contributed by atoms with Crippen molar-refractivity contribution in [3.05, 3.63) is 29.6 Å². The Morgan fingerprint density at radius 1 is 1.47 bits per heavy atom. The van der Waals surface area contributed by atoms with Gasteiger partial charge in [0, 0.05) is 19.8 Å². The number of isocyanates is 1. The van der Waals surface area contributed by atoms with Crippen LogP contribution in [0.3, 0.4) is 0 Å². The molecule has 0 spiro atoms. The summed E-state index contributed by atoms with van der Waals surface area (Å²) in [5.74, 6) is -0.263. The third-order valence-corrected chi connectivity index (χ3v) is 2.09. The molecular weight excluding hydrogens is 195 g/mol. The van der Waals surface area contributed by atoms with E-state index in [0.29, 0.717) is 13.0 Å². The molecule has 0 unspecified atom stereocenters. The number of benzene rings is 1. The lowest BCUT2D eigenvalue weighted by molar-refractivity contribution is 0.563. The first-order valence-corrected chi connectivity index (χ1v) is 4.64. The molecule has 0 aromatic heterocycles. The molecule has 0 aliphatic rings. The van der Waals surface area contributed by atoms with Crippen molar-refractivity contribution >= 4 is 11.8 Å². The average Bonchev–Trinajstić information content (AvgIpc) is 2.20. The van der Waals surface area contributed by atoms with E-state index in [0.717, 1.165) is 11.3 Å². The summed E-state index contributed by atoms with van der Waals surface area (Å²) in [6, 6.07) is 4.60. The molecule has 4 heteroatoms. The minimum Gasteiger partial charge on any atom is -0.377 e. The van der Waals surface area contributed by atoms with Crippen LogP contribution in [0.5, 0.6) is 0 Å². The van der Waals surface area contributed by atoms with Gasteiger partial charge in [-0.05, 0) is 24.1 Å². The smallest absolute Gasteiger partial charge is 0.234 e. The highest BCUT2D eigenvalue weighted by atomic mass is 19.1. The number of rotatable bonds is 4. The van der Waals surface area contributed by atoms with Crippen molar-refractivity contribution < 1.29 is 9.18 Å².